The van der Waals surface area contributed by atoms with Crippen LogP contribution in [0.1, 0.15) is 58.0 Å². The van der Waals surface area contributed by atoms with Crippen molar-refractivity contribution in [1.29, 1.82) is 0 Å². The van der Waals surface area contributed by atoms with Gasteiger partial charge in [0, 0.05) is 88.2 Å². The van der Waals surface area contributed by atoms with E-state index in [1.807, 2.05) is 34.0 Å². The maximum absolute atomic E-state index is 6.44. The predicted molar refractivity (Wildman–Crippen MR) is 382 cm³/mol. The number of hydrogen-bond acceptors (Lipinski definition) is 6. The third kappa shape index (κ3) is 8.80. The fraction of sp³-hybridized carbons (Fsp3) is 0.148. The molecule has 0 amide bonds. The number of aromatic nitrogens is 3. The first kappa shape index (κ1) is 55.8. The van der Waals surface area contributed by atoms with Gasteiger partial charge in [-0.3, -0.25) is 0 Å². The topological polar surface area (TPSA) is 51.1 Å². The molecule has 0 N–H and O–H groups in total. The standard InChI is InChI=1S/C28H24NOS.C27H22NOS.C26H20NOS/c1-16(2)24-15-31-28-22(24)11-12-29(4)26(28)20-9-10-21-23-13-18-7-5-6-8-19(18)14-25(23)30-27(21)17(20)3;1-15-17(3)30-27-21(15)11-12-28(4)25(27)20-9-10-22-23-13-18-7-5-6-8-19(18)14-24(23)29-26(22)16(20)2;1-15-14-29-26-19(15)10-11-27(3)24(26)20-8-9-21-22-12-17-6-4-5-7-18(17)13-23(22)28-25(21)16(20)2/h5-16H,1-4H3;5-14H,1-4H3;4-14H,1-3H3/q3*+1. The van der Waals surface area contributed by atoms with Gasteiger partial charge in [-0.2, -0.15) is 13.7 Å². The van der Waals surface area contributed by atoms with Crippen LogP contribution in [0.25, 0.3) is 162 Å². The molecule has 18 aromatic rings. The molecule has 0 bridgehead atoms. The number of hydrogen-bond donors (Lipinski definition) is 0. The molecule has 0 atom stereocenters. The first-order valence-electron chi connectivity index (χ1n) is 30.9. The van der Waals surface area contributed by atoms with Crippen LogP contribution < -0.4 is 13.7 Å². The molecule has 0 saturated carbocycles. The largest absolute Gasteiger partial charge is 0.456 e. The smallest absolute Gasteiger partial charge is 0.230 e. The van der Waals surface area contributed by atoms with Crippen molar-refractivity contribution in [3.8, 4) is 33.8 Å². The SMILES string of the molecule is Cc1c(-c2c3scc(C(C)C)c3cc[n+]2C)ccc2c1oc1cc3ccccc3cc12.Cc1csc2c(-c3ccc4c(oc5cc6ccccc6cc54)c3C)[n+](C)ccc12.Cc1sc2c(-c3ccc4c(oc5cc6ccccc6cc54)c3C)[n+](C)ccc2c1C. The van der Waals surface area contributed by atoms with Crippen molar-refractivity contribution in [1.82, 2.24) is 0 Å². The van der Waals surface area contributed by atoms with Crippen LogP contribution in [-0.4, -0.2) is 0 Å². The summed E-state index contributed by atoms with van der Waals surface area (Å²) in [6.07, 6.45) is 6.52. The van der Waals surface area contributed by atoms with E-state index >= 15 is 0 Å². The normalized spacial score (nSPS) is 12.0. The van der Waals surface area contributed by atoms with Crippen molar-refractivity contribution in [3.63, 3.8) is 0 Å². The van der Waals surface area contributed by atoms with Gasteiger partial charge in [-0.25, -0.2) is 0 Å². The van der Waals surface area contributed by atoms with Crippen LogP contribution in [0.5, 0.6) is 0 Å². The van der Waals surface area contributed by atoms with Crippen LogP contribution >= 0.6 is 34.0 Å². The van der Waals surface area contributed by atoms with E-state index in [-0.39, 0.29) is 0 Å². The molecule has 6 nitrogen and oxygen atoms in total. The third-order valence-electron chi connectivity index (χ3n) is 19.1. The lowest BCUT2D eigenvalue weighted by atomic mass is 9.98. The van der Waals surface area contributed by atoms with Crippen LogP contribution in [0.3, 0.4) is 0 Å². The average molecular weight is 1230 g/mol. The summed E-state index contributed by atoms with van der Waals surface area (Å²) in [7, 11) is 6.39. The Morgan fingerprint density at radius 3 is 1.11 bits per heavy atom. The second-order valence-corrected chi connectivity index (χ2v) is 27.8. The summed E-state index contributed by atoms with van der Waals surface area (Å²) in [5, 5.41) is 23.1. The molecule has 0 saturated heterocycles. The molecule has 18 rings (SSSR count). The molecule has 9 aromatic carbocycles. The Balaban J connectivity index is 0.000000108. The molecular weight excluding hydrogens is 1160 g/mol. The Hall–Kier alpha value is -9.51. The quantitative estimate of drug-likeness (QED) is 0.165. The fourth-order valence-corrected chi connectivity index (χ4v) is 17.7. The predicted octanol–water partition coefficient (Wildman–Crippen LogP) is 22.3. The van der Waals surface area contributed by atoms with Gasteiger partial charge in [0.2, 0.25) is 17.1 Å². The van der Waals surface area contributed by atoms with Crippen molar-refractivity contribution in [2.45, 2.75) is 61.3 Å². The van der Waals surface area contributed by atoms with Crippen LogP contribution in [0, 0.1) is 41.5 Å². The number of furan rings is 3. The van der Waals surface area contributed by atoms with Crippen molar-refractivity contribution in [2.75, 3.05) is 0 Å². The van der Waals surface area contributed by atoms with Crippen molar-refractivity contribution >= 4 is 162 Å². The van der Waals surface area contributed by atoms with Gasteiger partial charge in [-0.15, -0.1) is 34.0 Å². The highest BCUT2D eigenvalue weighted by molar-refractivity contribution is 7.19. The number of pyridine rings is 3. The Bertz CT molecular complexity index is 6020. The van der Waals surface area contributed by atoms with Gasteiger partial charge in [-0.05, 0) is 180 Å². The third-order valence-corrected chi connectivity index (χ3v) is 22.4. The maximum Gasteiger partial charge on any atom is 0.230 e. The molecule has 0 aliphatic rings. The van der Waals surface area contributed by atoms with Gasteiger partial charge in [-0.1, -0.05) is 86.6 Å². The number of benzene rings is 9. The molecule has 0 radical (unpaired) electrons. The summed E-state index contributed by atoms with van der Waals surface area (Å²) < 4.78 is 30.0. The lowest BCUT2D eigenvalue weighted by Crippen LogP contribution is -2.30. The zero-order chi connectivity index (χ0) is 61.5. The average Bonchev–Trinajstić information content (AvgIpc) is 1.88. The number of fused-ring (bicyclic) bond motifs is 15. The lowest BCUT2D eigenvalue weighted by Gasteiger charge is -2.07. The summed E-state index contributed by atoms with van der Waals surface area (Å²) >= 11 is 5.55. The molecule has 9 heteroatoms. The van der Waals surface area contributed by atoms with Gasteiger partial charge >= 0.3 is 0 Å². The van der Waals surface area contributed by atoms with E-state index in [2.05, 4.69) is 283 Å². The minimum Gasteiger partial charge on any atom is -0.456 e. The molecule has 0 fully saturated rings. The lowest BCUT2D eigenvalue weighted by molar-refractivity contribution is -0.659. The molecular formula is C81H66N3O3S3+3. The highest BCUT2D eigenvalue weighted by Crippen LogP contribution is 2.45. The minimum absolute atomic E-state index is 0.516. The number of thiophene rings is 3. The summed E-state index contributed by atoms with van der Waals surface area (Å²) in [6, 6.07) is 58.8. The summed E-state index contributed by atoms with van der Waals surface area (Å²) in [5.74, 6) is 0.516. The highest BCUT2D eigenvalue weighted by atomic mass is 32.1. The fourth-order valence-electron chi connectivity index (χ4n) is 14.0. The van der Waals surface area contributed by atoms with Crippen LogP contribution in [-0.2, 0) is 21.1 Å². The number of aryl methyl sites for hydroxylation is 9. The molecule has 0 aliphatic heterocycles. The molecule has 0 spiro atoms. The molecule has 9 heterocycles. The van der Waals surface area contributed by atoms with Crippen molar-refractivity contribution < 1.29 is 27.0 Å². The second kappa shape index (κ2) is 21.3. The van der Waals surface area contributed by atoms with E-state index in [1.165, 1.54) is 167 Å². The van der Waals surface area contributed by atoms with Gasteiger partial charge in [0.25, 0.3) is 0 Å². The van der Waals surface area contributed by atoms with Crippen LogP contribution in [0.15, 0.2) is 206 Å². The number of nitrogens with zero attached hydrogens (tertiary/aromatic N) is 3. The van der Waals surface area contributed by atoms with Crippen molar-refractivity contribution in [3.05, 3.63) is 231 Å². The Kier molecular flexibility index (Phi) is 13.2. The molecule has 9 aromatic heterocycles. The second-order valence-electron chi connectivity index (χ2n) is 24.8. The van der Waals surface area contributed by atoms with Crippen LogP contribution in [0.2, 0.25) is 0 Å². The molecule has 90 heavy (non-hydrogen) atoms. The Morgan fingerprint density at radius 2 is 0.700 bits per heavy atom. The van der Waals surface area contributed by atoms with E-state index in [0.29, 0.717) is 5.92 Å². The van der Waals surface area contributed by atoms with E-state index in [1.54, 1.807) is 0 Å². The maximum atomic E-state index is 6.44. The zero-order valence-corrected chi connectivity index (χ0v) is 54.8. The van der Waals surface area contributed by atoms with E-state index < -0.39 is 0 Å². The minimum atomic E-state index is 0.516. The van der Waals surface area contributed by atoms with E-state index in [4.69, 9.17) is 13.3 Å². The van der Waals surface area contributed by atoms with Crippen LogP contribution in [0.4, 0.5) is 0 Å². The summed E-state index contributed by atoms with van der Waals surface area (Å²) in [6.45, 7) is 17.7. The first-order valence-corrected chi connectivity index (χ1v) is 33.4. The van der Waals surface area contributed by atoms with Gasteiger partial charge in [0.05, 0.1) is 16.7 Å². The van der Waals surface area contributed by atoms with E-state index in [9.17, 15) is 0 Å². The summed E-state index contributed by atoms with van der Waals surface area (Å²) in [5.41, 5.74) is 21.0. The zero-order valence-electron chi connectivity index (χ0n) is 52.3. The number of rotatable bonds is 4. The Morgan fingerprint density at radius 1 is 0.344 bits per heavy atom. The van der Waals surface area contributed by atoms with E-state index in [0.717, 1.165) is 33.5 Å². The van der Waals surface area contributed by atoms with Gasteiger partial charge in [0.1, 0.15) is 68.7 Å². The monoisotopic (exact) mass is 1220 g/mol. The van der Waals surface area contributed by atoms with Gasteiger partial charge in [0.15, 0.2) is 18.6 Å². The Labute approximate surface area is 533 Å². The first-order chi connectivity index (χ1) is 43.7. The summed E-state index contributed by atoms with van der Waals surface area (Å²) in [4.78, 5) is 1.38. The molecule has 438 valence electrons. The van der Waals surface area contributed by atoms with Crippen molar-refractivity contribution in [2.24, 2.45) is 21.1 Å². The van der Waals surface area contributed by atoms with Gasteiger partial charge < -0.3 is 13.3 Å². The molecule has 0 unspecified atom stereocenters. The highest BCUT2D eigenvalue weighted by Gasteiger charge is 2.27. The molecule has 0 aliphatic carbocycles.